The molecule has 0 N–H and O–H groups in total. The van der Waals surface area contributed by atoms with Crippen molar-refractivity contribution in [3.63, 3.8) is 0 Å². The van der Waals surface area contributed by atoms with Crippen LogP contribution in [-0.4, -0.2) is 21.9 Å². The second-order valence-corrected chi connectivity index (χ2v) is 5.92. The van der Waals surface area contributed by atoms with Crippen molar-refractivity contribution in [1.29, 1.82) is 0 Å². The highest BCUT2D eigenvalue weighted by Crippen LogP contribution is 2.16. The lowest BCUT2D eigenvalue weighted by molar-refractivity contribution is 0.0740. The maximum atomic E-state index is 12.7. The fraction of sp³-hybridized carbons (Fsp3) is 0.438. The maximum absolute atomic E-state index is 12.7. The lowest BCUT2D eigenvalue weighted by atomic mass is 10.2. The summed E-state index contributed by atoms with van der Waals surface area (Å²) < 4.78 is 2.00. The Labute approximate surface area is 124 Å². The zero-order valence-electron chi connectivity index (χ0n) is 12.4. The van der Waals surface area contributed by atoms with Crippen molar-refractivity contribution < 1.29 is 4.79 Å². The van der Waals surface area contributed by atoms with Crippen LogP contribution >= 0.6 is 11.3 Å². The number of rotatable bonds is 6. The summed E-state index contributed by atoms with van der Waals surface area (Å²) >= 11 is 1.68. The molecule has 4 heteroatoms. The summed E-state index contributed by atoms with van der Waals surface area (Å²) in [5.41, 5.74) is 3.06. The number of hydrogen-bond donors (Lipinski definition) is 0. The molecule has 0 bridgehead atoms. The van der Waals surface area contributed by atoms with Crippen LogP contribution in [0.1, 0.15) is 41.4 Å². The van der Waals surface area contributed by atoms with Gasteiger partial charge in [0, 0.05) is 32.0 Å². The van der Waals surface area contributed by atoms with Gasteiger partial charge in [0.2, 0.25) is 0 Å². The average Bonchev–Trinajstić information content (AvgIpc) is 3.06. The third-order valence-electron chi connectivity index (χ3n) is 3.64. The van der Waals surface area contributed by atoms with E-state index in [2.05, 4.69) is 23.8 Å². The van der Waals surface area contributed by atoms with E-state index in [9.17, 15) is 4.79 Å². The fourth-order valence-electron chi connectivity index (χ4n) is 2.21. The maximum Gasteiger partial charge on any atom is 0.255 e. The molecule has 3 nitrogen and oxygen atoms in total. The van der Waals surface area contributed by atoms with E-state index in [1.165, 1.54) is 5.56 Å². The number of thiophene rings is 1. The van der Waals surface area contributed by atoms with Crippen molar-refractivity contribution in [1.82, 2.24) is 9.47 Å². The SMILES string of the molecule is CCCCN(Cc1ccsc1)C(=O)c1ccn(C)c1C. The summed E-state index contributed by atoms with van der Waals surface area (Å²) in [6.45, 7) is 5.67. The van der Waals surface area contributed by atoms with Crippen LogP contribution in [0.3, 0.4) is 0 Å². The highest BCUT2D eigenvalue weighted by Gasteiger charge is 2.19. The molecule has 2 rings (SSSR count). The molecule has 0 aliphatic heterocycles. The van der Waals surface area contributed by atoms with Gasteiger partial charge in [-0.1, -0.05) is 13.3 Å². The van der Waals surface area contributed by atoms with Crippen LogP contribution in [0.4, 0.5) is 0 Å². The molecular formula is C16H22N2OS. The molecule has 0 radical (unpaired) electrons. The zero-order chi connectivity index (χ0) is 14.5. The summed E-state index contributed by atoms with van der Waals surface area (Å²) in [6, 6.07) is 4.01. The van der Waals surface area contributed by atoms with Crippen LogP contribution in [0.2, 0.25) is 0 Å². The standard InChI is InChI=1S/C16H22N2OS/c1-4-5-8-18(11-14-7-10-20-12-14)16(19)15-6-9-17(3)13(15)2/h6-7,9-10,12H,4-5,8,11H2,1-3H3. The van der Waals surface area contributed by atoms with Gasteiger partial charge in [0.15, 0.2) is 0 Å². The van der Waals surface area contributed by atoms with Gasteiger partial charge in [-0.15, -0.1) is 0 Å². The van der Waals surface area contributed by atoms with E-state index in [-0.39, 0.29) is 5.91 Å². The van der Waals surface area contributed by atoms with Crippen molar-refractivity contribution >= 4 is 17.2 Å². The first kappa shape index (κ1) is 14.9. The van der Waals surface area contributed by atoms with E-state index in [1.807, 2.05) is 35.7 Å². The van der Waals surface area contributed by atoms with Crippen molar-refractivity contribution in [2.24, 2.45) is 7.05 Å². The van der Waals surface area contributed by atoms with E-state index in [0.717, 1.165) is 30.6 Å². The Morgan fingerprint density at radius 1 is 1.40 bits per heavy atom. The molecule has 2 heterocycles. The molecule has 0 saturated heterocycles. The molecule has 2 aromatic rings. The van der Waals surface area contributed by atoms with Gasteiger partial charge in [-0.2, -0.15) is 11.3 Å². The highest BCUT2D eigenvalue weighted by atomic mass is 32.1. The summed E-state index contributed by atoms with van der Waals surface area (Å²) in [6.07, 6.45) is 4.09. The molecule has 2 aromatic heterocycles. The number of aromatic nitrogens is 1. The normalized spacial score (nSPS) is 10.8. The largest absolute Gasteiger partial charge is 0.354 e. The van der Waals surface area contributed by atoms with Crippen molar-refractivity contribution in [3.05, 3.63) is 45.9 Å². The number of carbonyl (C=O) groups excluding carboxylic acids is 1. The number of hydrogen-bond acceptors (Lipinski definition) is 2. The third-order valence-corrected chi connectivity index (χ3v) is 4.37. The Morgan fingerprint density at radius 3 is 2.75 bits per heavy atom. The topological polar surface area (TPSA) is 25.2 Å². The van der Waals surface area contributed by atoms with E-state index in [1.54, 1.807) is 11.3 Å². The van der Waals surface area contributed by atoms with Gasteiger partial charge in [-0.25, -0.2) is 0 Å². The smallest absolute Gasteiger partial charge is 0.255 e. The van der Waals surface area contributed by atoms with E-state index >= 15 is 0 Å². The molecule has 0 aromatic carbocycles. The molecule has 0 fully saturated rings. The van der Waals surface area contributed by atoms with Gasteiger partial charge in [-0.05, 0) is 41.8 Å². The summed E-state index contributed by atoms with van der Waals surface area (Å²) in [7, 11) is 1.97. The van der Waals surface area contributed by atoms with Gasteiger partial charge in [-0.3, -0.25) is 4.79 Å². The Hall–Kier alpha value is -1.55. The molecule has 0 aliphatic carbocycles. The summed E-state index contributed by atoms with van der Waals surface area (Å²) in [4.78, 5) is 14.7. The first-order valence-electron chi connectivity index (χ1n) is 7.05. The lowest BCUT2D eigenvalue weighted by Crippen LogP contribution is -2.31. The second kappa shape index (κ2) is 6.75. The molecule has 0 saturated carbocycles. The Morgan fingerprint density at radius 2 is 2.20 bits per heavy atom. The molecule has 0 spiro atoms. The Balaban J connectivity index is 2.17. The van der Waals surface area contributed by atoms with E-state index in [4.69, 9.17) is 0 Å². The summed E-state index contributed by atoms with van der Waals surface area (Å²) in [5.74, 6) is 0.141. The van der Waals surface area contributed by atoms with E-state index < -0.39 is 0 Å². The number of amides is 1. The van der Waals surface area contributed by atoms with Gasteiger partial charge in [0.05, 0.1) is 5.56 Å². The number of nitrogens with zero attached hydrogens (tertiary/aromatic N) is 2. The van der Waals surface area contributed by atoms with Crippen LogP contribution < -0.4 is 0 Å². The summed E-state index contributed by atoms with van der Waals surface area (Å²) in [5, 5.41) is 4.18. The third kappa shape index (κ3) is 3.31. The van der Waals surface area contributed by atoms with Crippen LogP contribution in [0.25, 0.3) is 0 Å². The molecule has 20 heavy (non-hydrogen) atoms. The first-order chi connectivity index (χ1) is 9.63. The minimum atomic E-state index is 0.141. The van der Waals surface area contributed by atoms with Crippen molar-refractivity contribution in [3.8, 4) is 0 Å². The second-order valence-electron chi connectivity index (χ2n) is 5.14. The molecule has 108 valence electrons. The molecule has 0 aliphatic rings. The first-order valence-corrected chi connectivity index (χ1v) is 8.00. The van der Waals surface area contributed by atoms with Gasteiger partial charge in [0.1, 0.15) is 0 Å². The molecule has 1 amide bonds. The fourth-order valence-corrected chi connectivity index (χ4v) is 2.87. The van der Waals surface area contributed by atoms with Crippen LogP contribution in [-0.2, 0) is 13.6 Å². The Kier molecular flexibility index (Phi) is 5.01. The Bertz CT molecular complexity index is 557. The molecule has 0 unspecified atom stereocenters. The highest BCUT2D eigenvalue weighted by molar-refractivity contribution is 7.07. The van der Waals surface area contributed by atoms with Crippen LogP contribution in [0, 0.1) is 6.92 Å². The number of unbranched alkanes of at least 4 members (excludes halogenated alkanes) is 1. The van der Waals surface area contributed by atoms with Gasteiger partial charge >= 0.3 is 0 Å². The molecule has 0 atom stereocenters. The van der Waals surface area contributed by atoms with Crippen molar-refractivity contribution in [2.45, 2.75) is 33.2 Å². The number of aryl methyl sites for hydroxylation is 1. The minimum absolute atomic E-state index is 0.141. The lowest BCUT2D eigenvalue weighted by Gasteiger charge is -2.22. The van der Waals surface area contributed by atoms with Crippen LogP contribution in [0.5, 0.6) is 0 Å². The monoisotopic (exact) mass is 290 g/mol. The quantitative estimate of drug-likeness (QED) is 0.793. The average molecular weight is 290 g/mol. The minimum Gasteiger partial charge on any atom is -0.354 e. The predicted octanol–water partition coefficient (Wildman–Crippen LogP) is 3.84. The predicted molar refractivity (Wildman–Crippen MR) is 84.1 cm³/mol. The van der Waals surface area contributed by atoms with Gasteiger partial charge < -0.3 is 9.47 Å². The van der Waals surface area contributed by atoms with Crippen LogP contribution in [0.15, 0.2) is 29.1 Å². The van der Waals surface area contributed by atoms with Gasteiger partial charge in [0.25, 0.3) is 5.91 Å². The molecular weight excluding hydrogens is 268 g/mol. The van der Waals surface area contributed by atoms with E-state index in [0.29, 0.717) is 6.54 Å². The number of carbonyl (C=O) groups is 1. The van der Waals surface area contributed by atoms with Crippen molar-refractivity contribution in [2.75, 3.05) is 6.54 Å². The zero-order valence-corrected chi connectivity index (χ0v) is 13.2.